The SMILES string of the molecule is C[C@H](O)[C@H](C)C(N)C(=O)O. The lowest BCUT2D eigenvalue weighted by Crippen LogP contribution is -2.41. The minimum Gasteiger partial charge on any atom is -0.480 e. The molecule has 0 spiro atoms. The Balaban J connectivity index is 3.94. The summed E-state index contributed by atoms with van der Waals surface area (Å²) in [5, 5.41) is 17.3. The van der Waals surface area contributed by atoms with Gasteiger partial charge in [0, 0.05) is 5.92 Å². The van der Waals surface area contributed by atoms with Crippen LogP contribution in [-0.4, -0.2) is 28.3 Å². The van der Waals surface area contributed by atoms with E-state index in [1.165, 1.54) is 6.92 Å². The molecule has 0 radical (unpaired) electrons. The highest BCUT2D eigenvalue weighted by atomic mass is 16.4. The van der Waals surface area contributed by atoms with Gasteiger partial charge in [-0.15, -0.1) is 0 Å². The molecule has 0 aromatic rings. The summed E-state index contributed by atoms with van der Waals surface area (Å²) in [6.45, 7) is 3.12. The first kappa shape index (κ1) is 9.39. The zero-order chi connectivity index (χ0) is 8.31. The Labute approximate surface area is 59.7 Å². The van der Waals surface area contributed by atoms with Gasteiger partial charge in [-0.1, -0.05) is 6.92 Å². The number of hydrogen-bond donors (Lipinski definition) is 3. The Kier molecular flexibility index (Phi) is 3.32. The van der Waals surface area contributed by atoms with Gasteiger partial charge in [-0.25, -0.2) is 0 Å². The van der Waals surface area contributed by atoms with Crippen molar-refractivity contribution in [1.29, 1.82) is 0 Å². The third-order valence-corrected chi connectivity index (χ3v) is 1.61. The molecule has 0 heterocycles. The zero-order valence-corrected chi connectivity index (χ0v) is 6.11. The molecule has 0 rings (SSSR count). The number of aliphatic hydroxyl groups excluding tert-OH is 1. The van der Waals surface area contributed by atoms with Crippen LogP contribution >= 0.6 is 0 Å². The third-order valence-electron chi connectivity index (χ3n) is 1.61. The molecule has 0 saturated heterocycles. The number of carboxylic acid groups (broad SMARTS) is 1. The second kappa shape index (κ2) is 3.53. The fourth-order valence-corrected chi connectivity index (χ4v) is 0.525. The van der Waals surface area contributed by atoms with Crippen molar-refractivity contribution in [3.8, 4) is 0 Å². The van der Waals surface area contributed by atoms with Crippen molar-refractivity contribution in [3.63, 3.8) is 0 Å². The molecule has 3 atom stereocenters. The molecule has 0 aliphatic heterocycles. The molecule has 1 unspecified atom stereocenters. The van der Waals surface area contributed by atoms with Crippen molar-refractivity contribution in [2.45, 2.75) is 26.0 Å². The van der Waals surface area contributed by atoms with Crippen LogP contribution in [0, 0.1) is 5.92 Å². The minimum absolute atomic E-state index is 0.405. The van der Waals surface area contributed by atoms with Crippen LogP contribution < -0.4 is 5.73 Å². The first-order chi connectivity index (χ1) is 4.46. The van der Waals surface area contributed by atoms with Gasteiger partial charge in [-0.2, -0.15) is 0 Å². The molecule has 0 amide bonds. The van der Waals surface area contributed by atoms with Gasteiger partial charge in [0.25, 0.3) is 0 Å². The standard InChI is InChI=1S/C6H13NO3/c1-3(4(2)8)5(7)6(9)10/h3-5,8H,7H2,1-2H3,(H,9,10)/t3-,4-,5?/m0/s1. The highest BCUT2D eigenvalue weighted by Crippen LogP contribution is 2.05. The second-order valence-electron chi connectivity index (χ2n) is 2.46. The monoisotopic (exact) mass is 147 g/mol. The zero-order valence-electron chi connectivity index (χ0n) is 6.11. The predicted molar refractivity (Wildman–Crippen MR) is 36.5 cm³/mol. The average Bonchev–Trinajstić information content (AvgIpc) is 1.84. The van der Waals surface area contributed by atoms with E-state index in [2.05, 4.69) is 0 Å². The Hall–Kier alpha value is -0.610. The number of nitrogens with two attached hydrogens (primary N) is 1. The lowest BCUT2D eigenvalue weighted by molar-refractivity contribution is -0.140. The first-order valence-corrected chi connectivity index (χ1v) is 3.13. The van der Waals surface area contributed by atoms with Gasteiger partial charge in [0.2, 0.25) is 0 Å². The minimum atomic E-state index is -1.08. The van der Waals surface area contributed by atoms with Crippen molar-refractivity contribution in [3.05, 3.63) is 0 Å². The molecule has 4 N–H and O–H groups in total. The molecular weight excluding hydrogens is 134 g/mol. The average molecular weight is 147 g/mol. The second-order valence-corrected chi connectivity index (χ2v) is 2.46. The number of carbonyl (C=O) groups is 1. The smallest absolute Gasteiger partial charge is 0.320 e. The van der Waals surface area contributed by atoms with E-state index in [0.717, 1.165) is 0 Å². The van der Waals surface area contributed by atoms with E-state index in [1.54, 1.807) is 6.92 Å². The van der Waals surface area contributed by atoms with E-state index in [4.69, 9.17) is 15.9 Å². The first-order valence-electron chi connectivity index (χ1n) is 3.13. The van der Waals surface area contributed by atoms with Crippen LogP contribution in [-0.2, 0) is 4.79 Å². The van der Waals surface area contributed by atoms with E-state index < -0.39 is 24.0 Å². The maximum absolute atomic E-state index is 10.2. The van der Waals surface area contributed by atoms with Crippen molar-refractivity contribution in [2.24, 2.45) is 11.7 Å². The van der Waals surface area contributed by atoms with E-state index in [0.29, 0.717) is 0 Å². The molecule has 0 aromatic heterocycles. The van der Waals surface area contributed by atoms with Crippen LogP contribution in [0.2, 0.25) is 0 Å². The lowest BCUT2D eigenvalue weighted by atomic mass is 9.98. The van der Waals surface area contributed by atoms with Crippen LogP contribution in [0.1, 0.15) is 13.8 Å². The number of carboxylic acids is 1. The summed E-state index contributed by atoms with van der Waals surface area (Å²) in [7, 11) is 0. The number of rotatable bonds is 3. The Morgan fingerprint density at radius 2 is 1.90 bits per heavy atom. The molecule has 4 nitrogen and oxygen atoms in total. The van der Waals surface area contributed by atoms with Crippen molar-refractivity contribution in [1.82, 2.24) is 0 Å². The largest absolute Gasteiger partial charge is 0.480 e. The highest BCUT2D eigenvalue weighted by Gasteiger charge is 2.23. The molecule has 0 aromatic carbocycles. The summed E-state index contributed by atoms with van der Waals surface area (Å²) in [5.41, 5.74) is 5.20. The number of aliphatic carboxylic acids is 1. The summed E-state index contributed by atoms with van der Waals surface area (Å²) >= 11 is 0. The topological polar surface area (TPSA) is 83.5 Å². The van der Waals surface area contributed by atoms with Crippen molar-refractivity contribution in [2.75, 3.05) is 0 Å². The van der Waals surface area contributed by atoms with Gasteiger partial charge in [0.05, 0.1) is 6.10 Å². The summed E-state index contributed by atoms with van der Waals surface area (Å²) in [5.74, 6) is -1.48. The maximum Gasteiger partial charge on any atom is 0.320 e. The molecule has 0 bridgehead atoms. The molecule has 60 valence electrons. The van der Waals surface area contributed by atoms with Crippen molar-refractivity contribution >= 4 is 5.97 Å². The quantitative estimate of drug-likeness (QED) is 0.498. The van der Waals surface area contributed by atoms with Crippen LogP contribution in [0.3, 0.4) is 0 Å². The highest BCUT2D eigenvalue weighted by molar-refractivity contribution is 5.73. The van der Waals surface area contributed by atoms with E-state index >= 15 is 0 Å². The maximum atomic E-state index is 10.2. The summed E-state index contributed by atoms with van der Waals surface area (Å²) < 4.78 is 0. The summed E-state index contributed by atoms with van der Waals surface area (Å²) in [6.07, 6.45) is -0.675. The number of aliphatic hydroxyl groups is 1. The van der Waals surface area contributed by atoms with Gasteiger partial charge < -0.3 is 15.9 Å². The normalized spacial score (nSPS) is 19.6. The van der Waals surface area contributed by atoms with Gasteiger partial charge in [0.1, 0.15) is 6.04 Å². The Bertz CT molecular complexity index is 124. The van der Waals surface area contributed by atoms with Crippen LogP contribution in [0.25, 0.3) is 0 Å². The molecule has 0 aliphatic rings. The van der Waals surface area contributed by atoms with Gasteiger partial charge >= 0.3 is 5.97 Å². The molecular formula is C6H13NO3. The fourth-order valence-electron chi connectivity index (χ4n) is 0.525. The van der Waals surface area contributed by atoms with Crippen LogP contribution in [0.15, 0.2) is 0 Å². The lowest BCUT2D eigenvalue weighted by Gasteiger charge is -2.17. The predicted octanol–water partition coefficient (Wildman–Crippen LogP) is -0.585. The Morgan fingerprint density at radius 3 is 2.00 bits per heavy atom. The van der Waals surface area contributed by atoms with E-state index in [9.17, 15) is 4.79 Å². The van der Waals surface area contributed by atoms with Gasteiger partial charge in [-0.3, -0.25) is 4.79 Å². The Morgan fingerprint density at radius 1 is 1.50 bits per heavy atom. The summed E-state index contributed by atoms with van der Waals surface area (Å²) in [6, 6.07) is -0.972. The molecule has 0 saturated carbocycles. The van der Waals surface area contributed by atoms with Crippen LogP contribution in [0.5, 0.6) is 0 Å². The molecule has 10 heavy (non-hydrogen) atoms. The van der Waals surface area contributed by atoms with E-state index in [1.807, 2.05) is 0 Å². The fraction of sp³-hybridized carbons (Fsp3) is 0.833. The molecule has 0 fully saturated rings. The molecule has 4 heteroatoms. The molecule has 0 aliphatic carbocycles. The summed E-state index contributed by atoms with van der Waals surface area (Å²) in [4.78, 5) is 10.2. The van der Waals surface area contributed by atoms with Crippen LogP contribution in [0.4, 0.5) is 0 Å². The van der Waals surface area contributed by atoms with E-state index in [-0.39, 0.29) is 0 Å². The third kappa shape index (κ3) is 2.33. The number of hydrogen-bond acceptors (Lipinski definition) is 3. The van der Waals surface area contributed by atoms with Gasteiger partial charge in [0.15, 0.2) is 0 Å². The van der Waals surface area contributed by atoms with Gasteiger partial charge in [-0.05, 0) is 6.92 Å². The van der Waals surface area contributed by atoms with Crippen molar-refractivity contribution < 1.29 is 15.0 Å².